The number of phenolic OH excluding ortho intramolecular Hbond substituents is 1. The average Bonchev–Trinajstić information content (AvgIpc) is 2.46. The first-order valence-electron chi connectivity index (χ1n) is 6.45. The maximum atomic E-state index is 10.6. The lowest BCUT2D eigenvalue weighted by atomic mass is 9.99. The molecule has 0 fully saturated rings. The Morgan fingerprint density at radius 3 is 2.42 bits per heavy atom. The van der Waals surface area contributed by atoms with E-state index in [4.69, 9.17) is 0 Å². The van der Waals surface area contributed by atoms with Gasteiger partial charge in [0.15, 0.2) is 0 Å². The van der Waals surface area contributed by atoms with Crippen molar-refractivity contribution < 1.29 is 10.2 Å². The molecule has 1 atom stereocenters. The van der Waals surface area contributed by atoms with Crippen LogP contribution in [0.5, 0.6) is 5.75 Å². The van der Waals surface area contributed by atoms with Crippen LogP contribution in [0.2, 0.25) is 0 Å². The molecule has 0 heterocycles. The number of hydrogen-bond donors (Lipinski definition) is 3. The van der Waals surface area contributed by atoms with Crippen molar-refractivity contribution in [1.29, 1.82) is 0 Å². The third-order valence-corrected chi connectivity index (χ3v) is 3.26. The summed E-state index contributed by atoms with van der Waals surface area (Å²) in [6, 6.07) is 16.6. The molecule has 0 amide bonds. The van der Waals surface area contributed by atoms with Crippen LogP contribution in [0, 0.1) is 0 Å². The van der Waals surface area contributed by atoms with Crippen LogP contribution in [-0.4, -0.2) is 10.2 Å². The van der Waals surface area contributed by atoms with E-state index in [0.29, 0.717) is 13.0 Å². The summed E-state index contributed by atoms with van der Waals surface area (Å²) in [5.74, 6) is 0.235. The van der Waals surface area contributed by atoms with Gasteiger partial charge in [-0.2, -0.15) is 0 Å². The topological polar surface area (TPSA) is 52.5 Å². The molecule has 0 spiro atoms. The SMILES string of the molecule is CCC(O)(NCc1cccc(O)c1)c1ccccc1. The molecule has 3 N–H and O–H groups in total. The molecule has 3 heteroatoms. The van der Waals surface area contributed by atoms with Crippen LogP contribution in [0.15, 0.2) is 54.6 Å². The van der Waals surface area contributed by atoms with Gasteiger partial charge < -0.3 is 10.2 Å². The fourth-order valence-corrected chi connectivity index (χ4v) is 2.06. The maximum absolute atomic E-state index is 10.6. The van der Waals surface area contributed by atoms with Crippen LogP contribution < -0.4 is 5.32 Å². The highest BCUT2D eigenvalue weighted by molar-refractivity contribution is 5.27. The molecular weight excluding hydrogens is 238 g/mol. The summed E-state index contributed by atoms with van der Waals surface area (Å²) >= 11 is 0. The van der Waals surface area contributed by atoms with Crippen molar-refractivity contribution in [2.24, 2.45) is 0 Å². The minimum Gasteiger partial charge on any atom is -0.508 e. The Kier molecular flexibility index (Phi) is 4.20. The van der Waals surface area contributed by atoms with Crippen molar-refractivity contribution in [3.05, 3.63) is 65.7 Å². The molecule has 100 valence electrons. The van der Waals surface area contributed by atoms with Gasteiger partial charge in [0.05, 0.1) is 0 Å². The van der Waals surface area contributed by atoms with Gasteiger partial charge in [-0.05, 0) is 29.7 Å². The van der Waals surface area contributed by atoms with E-state index in [9.17, 15) is 10.2 Å². The lowest BCUT2D eigenvalue weighted by Gasteiger charge is -2.29. The molecule has 0 bridgehead atoms. The third-order valence-electron chi connectivity index (χ3n) is 3.26. The van der Waals surface area contributed by atoms with Crippen LogP contribution in [0.3, 0.4) is 0 Å². The Balaban J connectivity index is 2.11. The average molecular weight is 257 g/mol. The van der Waals surface area contributed by atoms with Gasteiger partial charge in [0.2, 0.25) is 0 Å². The van der Waals surface area contributed by atoms with E-state index < -0.39 is 5.72 Å². The van der Waals surface area contributed by atoms with Crippen molar-refractivity contribution in [3.63, 3.8) is 0 Å². The van der Waals surface area contributed by atoms with Gasteiger partial charge >= 0.3 is 0 Å². The van der Waals surface area contributed by atoms with Gasteiger partial charge in [0, 0.05) is 6.54 Å². The summed E-state index contributed by atoms with van der Waals surface area (Å²) < 4.78 is 0. The standard InChI is InChI=1S/C16H19NO2/c1-2-16(19,14-8-4-3-5-9-14)17-12-13-7-6-10-15(18)11-13/h3-11,17-19H,2,12H2,1H3. The molecule has 0 aromatic heterocycles. The largest absolute Gasteiger partial charge is 0.508 e. The second kappa shape index (κ2) is 5.87. The predicted octanol–water partition coefficient (Wildman–Crippen LogP) is 2.74. The highest BCUT2D eigenvalue weighted by Crippen LogP contribution is 2.22. The summed E-state index contributed by atoms with van der Waals surface area (Å²) in [5, 5.41) is 23.2. The zero-order chi connectivity index (χ0) is 13.7. The number of nitrogens with one attached hydrogen (secondary N) is 1. The molecule has 0 saturated heterocycles. The molecule has 2 rings (SSSR count). The molecule has 0 saturated carbocycles. The van der Waals surface area contributed by atoms with Gasteiger partial charge in [-0.3, -0.25) is 5.32 Å². The third kappa shape index (κ3) is 3.34. The fraction of sp³-hybridized carbons (Fsp3) is 0.250. The molecule has 0 aliphatic heterocycles. The summed E-state index contributed by atoms with van der Waals surface area (Å²) in [6.45, 7) is 2.43. The number of aliphatic hydroxyl groups is 1. The van der Waals surface area contributed by atoms with Crippen LogP contribution >= 0.6 is 0 Å². The zero-order valence-electron chi connectivity index (χ0n) is 11.0. The second-order valence-electron chi connectivity index (χ2n) is 4.60. The molecular formula is C16H19NO2. The van der Waals surface area contributed by atoms with E-state index in [-0.39, 0.29) is 5.75 Å². The van der Waals surface area contributed by atoms with E-state index in [1.54, 1.807) is 18.2 Å². The number of benzene rings is 2. The Hall–Kier alpha value is -1.84. The second-order valence-corrected chi connectivity index (χ2v) is 4.60. The summed E-state index contributed by atoms with van der Waals surface area (Å²) in [7, 11) is 0. The lowest BCUT2D eigenvalue weighted by molar-refractivity contribution is -0.00571. The molecule has 2 aromatic carbocycles. The monoisotopic (exact) mass is 257 g/mol. The van der Waals surface area contributed by atoms with Crippen LogP contribution in [0.25, 0.3) is 0 Å². The van der Waals surface area contributed by atoms with Crippen molar-refractivity contribution in [2.75, 3.05) is 0 Å². The smallest absolute Gasteiger partial charge is 0.142 e. The maximum Gasteiger partial charge on any atom is 0.142 e. The van der Waals surface area contributed by atoms with E-state index in [1.165, 1.54) is 0 Å². The summed E-state index contributed by atoms with van der Waals surface area (Å²) in [6.07, 6.45) is 0.565. The van der Waals surface area contributed by atoms with Crippen LogP contribution in [0.1, 0.15) is 24.5 Å². The van der Waals surface area contributed by atoms with Gasteiger partial charge in [0.1, 0.15) is 11.5 Å². The minimum absolute atomic E-state index is 0.235. The highest BCUT2D eigenvalue weighted by atomic mass is 16.3. The minimum atomic E-state index is -1.05. The highest BCUT2D eigenvalue weighted by Gasteiger charge is 2.25. The Morgan fingerprint density at radius 2 is 1.79 bits per heavy atom. The molecule has 0 radical (unpaired) electrons. The van der Waals surface area contributed by atoms with E-state index in [0.717, 1.165) is 11.1 Å². The van der Waals surface area contributed by atoms with Crippen molar-refractivity contribution in [3.8, 4) is 5.75 Å². The number of phenols is 1. The quantitative estimate of drug-likeness (QED) is 0.722. The van der Waals surface area contributed by atoms with Crippen molar-refractivity contribution in [1.82, 2.24) is 5.32 Å². The van der Waals surface area contributed by atoms with Crippen LogP contribution in [-0.2, 0) is 12.3 Å². The Labute approximate surface area is 113 Å². The van der Waals surface area contributed by atoms with Crippen molar-refractivity contribution in [2.45, 2.75) is 25.6 Å². The van der Waals surface area contributed by atoms with E-state index >= 15 is 0 Å². The molecule has 0 aliphatic carbocycles. The van der Waals surface area contributed by atoms with Gasteiger partial charge in [-0.15, -0.1) is 0 Å². The van der Waals surface area contributed by atoms with E-state index in [1.807, 2.05) is 43.3 Å². The Bertz CT molecular complexity index is 527. The van der Waals surface area contributed by atoms with Gasteiger partial charge in [-0.25, -0.2) is 0 Å². The normalized spacial score (nSPS) is 14.0. The first-order valence-corrected chi connectivity index (χ1v) is 6.45. The molecule has 19 heavy (non-hydrogen) atoms. The number of hydrogen-bond acceptors (Lipinski definition) is 3. The molecule has 2 aromatic rings. The Morgan fingerprint density at radius 1 is 1.05 bits per heavy atom. The predicted molar refractivity (Wildman–Crippen MR) is 75.6 cm³/mol. The lowest BCUT2D eigenvalue weighted by Crippen LogP contribution is -2.41. The summed E-state index contributed by atoms with van der Waals surface area (Å²) in [5.41, 5.74) is 0.729. The van der Waals surface area contributed by atoms with Gasteiger partial charge in [-0.1, -0.05) is 49.4 Å². The molecule has 0 aliphatic rings. The zero-order valence-corrected chi connectivity index (χ0v) is 11.0. The first kappa shape index (κ1) is 13.6. The van der Waals surface area contributed by atoms with E-state index in [2.05, 4.69) is 5.32 Å². The van der Waals surface area contributed by atoms with Gasteiger partial charge in [0.25, 0.3) is 0 Å². The van der Waals surface area contributed by atoms with Crippen molar-refractivity contribution >= 4 is 0 Å². The number of rotatable bonds is 5. The fourth-order valence-electron chi connectivity index (χ4n) is 2.06. The molecule has 3 nitrogen and oxygen atoms in total. The van der Waals surface area contributed by atoms with Crippen LogP contribution in [0.4, 0.5) is 0 Å². The first-order chi connectivity index (χ1) is 9.14. The molecule has 1 unspecified atom stereocenters. The number of aromatic hydroxyl groups is 1. The summed E-state index contributed by atoms with van der Waals surface area (Å²) in [4.78, 5) is 0.